The number of anilines is 2. The Hall–Kier alpha value is -2.47. The minimum atomic E-state index is -0.262. The normalized spacial score (nSPS) is 10.5. The minimum Gasteiger partial charge on any atom is -0.368 e. The molecule has 0 fully saturated rings. The van der Waals surface area contributed by atoms with Gasteiger partial charge in [0.25, 0.3) is 5.91 Å². The van der Waals surface area contributed by atoms with Gasteiger partial charge in [0.05, 0.1) is 12.4 Å². The molecule has 1 heterocycles. The molecule has 1 aromatic carbocycles. The van der Waals surface area contributed by atoms with Crippen LogP contribution in [0.25, 0.3) is 0 Å². The van der Waals surface area contributed by atoms with Gasteiger partial charge in [0.1, 0.15) is 11.5 Å². The summed E-state index contributed by atoms with van der Waals surface area (Å²) in [5.74, 6) is 0.399. The number of hydrogen-bond acceptors (Lipinski definition) is 5. The number of rotatable bonds is 6. The van der Waals surface area contributed by atoms with Crippen molar-refractivity contribution in [2.24, 2.45) is 0 Å². The second-order valence-electron chi connectivity index (χ2n) is 5.29. The number of benzene rings is 1. The maximum absolute atomic E-state index is 12.1. The summed E-state index contributed by atoms with van der Waals surface area (Å²) in [7, 11) is 4.01. The highest BCUT2D eigenvalue weighted by atomic mass is 16.1. The van der Waals surface area contributed by atoms with Gasteiger partial charge in [-0.3, -0.25) is 4.79 Å². The van der Waals surface area contributed by atoms with Gasteiger partial charge < -0.3 is 15.5 Å². The molecule has 0 aliphatic heterocycles. The molecular weight excluding hydrogens is 278 g/mol. The van der Waals surface area contributed by atoms with Crippen LogP contribution >= 0.6 is 0 Å². The molecule has 0 atom stereocenters. The van der Waals surface area contributed by atoms with Crippen LogP contribution in [0.3, 0.4) is 0 Å². The first-order chi connectivity index (χ1) is 10.6. The van der Waals surface area contributed by atoms with Crippen molar-refractivity contribution in [3.8, 4) is 0 Å². The number of para-hydroxylation sites is 1. The van der Waals surface area contributed by atoms with Gasteiger partial charge in [0.2, 0.25) is 0 Å². The zero-order chi connectivity index (χ0) is 15.9. The van der Waals surface area contributed by atoms with E-state index in [0.717, 1.165) is 24.3 Å². The smallest absolute Gasteiger partial charge is 0.275 e. The van der Waals surface area contributed by atoms with E-state index >= 15 is 0 Å². The molecule has 0 radical (unpaired) electrons. The average molecular weight is 299 g/mol. The van der Waals surface area contributed by atoms with Crippen molar-refractivity contribution in [3.63, 3.8) is 0 Å². The van der Waals surface area contributed by atoms with E-state index in [-0.39, 0.29) is 5.91 Å². The largest absolute Gasteiger partial charge is 0.368 e. The molecule has 0 aliphatic carbocycles. The van der Waals surface area contributed by atoms with E-state index in [1.54, 1.807) is 6.20 Å². The number of carbonyl (C=O) groups excluding carboxylic acids is 1. The third-order valence-electron chi connectivity index (χ3n) is 3.14. The van der Waals surface area contributed by atoms with Gasteiger partial charge in [0.15, 0.2) is 0 Å². The van der Waals surface area contributed by atoms with E-state index < -0.39 is 0 Å². The topological polar surface area (TPSA) is 70.2 Å². The van der Waals surface area contributed by atoms with Crippen LogP contribution in [0, 0.1) is 6.92 Å². The zero-order valence-corrected chi connectivity index (χ0v) is 13.1. The number of aromatic nitrogens is 2. The Bertz CT molecular complexity index is 625. The summed E-state index contributed by atoms with van der Waals surface area (Å²) in [4.78, 5) is 22.6. The molecule has 0 aliphatic rings. The van der Waals surface area contributed by atoms with Crippen LogP contribution in [0.4, 0.5) is 11.5 Å². The van der Waals surface area contributed by atoms with Crippen molar-refractivity contribution in [2.45, 2.75) is 6.92 Å². The SMILES string of the molecule is Cc1ccccc1NC(=O)c1cnc(NCCN(C)C)cn1. The fourth-order valence-electron chi connectivity index (χ4n) is 1.84. The highest BCUT2D eigenvalue weighted by molar-refractivity contribution is 6.03. The lowest BCUT2D eigenvalue weighted by atomic mass is 10.2. The van der Waals surface area contributed by atoms with Crippen molar-refractivity contribution in [3.05, 3.63) is 47.9 Å². The number of likely N-dealkylation sites (N-methyl/N-ethyl adjacent to an activating group) is 1. The van der Waals surface area contributed by atoms with Gasteiger partial charge in [-0.1, -0.05) is 18.2 Å². The predicted octanol–water partition coefficient (Wildman–Crippen LogP) is 2.01. The molecule has 2 N–H and O–H groups in total. The van der Waals surface area contributed by atoms with E-state index in [0.29, 0.717) is 11.5 Å². The number of hydrogen-bond donors (Lipinski definition) is 2. The summed E-state index contributed by atoms with van der Waals surface area (Å²) in [5, 5.41) is 5.99. The van der Waals surface area contributed by atoms with E-state index in [4.69, 9.17) is 0 Å². The van der Waals surface area contributed by atoms with Gasteiger partial charge in [-0.05, 0) is 32.6 Å². The van der Waals surface area contributed by atoms with Gasteiger partial charge in [-0.15, -0.1) is 0 Å². The molecule has 0 saturated carbocycles. The molecule has 0 saturated heterocycles. The first kappa shape index (κ1) is 15.9. The van der Waals surface area contributed by atoms with Crippen molar-refractivity contribution < 1.29 is 4.79 Å². The second-order valence-corrected chi connectivity index (χ2v) is 5.29. The summed E-state index contributed by atoms with van der Waals surface area (Å²) in [6.07, 6.45) is 3.05. The second kappa shape index (κ2) is 7.51. The Balaban J connectivity index is 1.95. The van der Waals surface area contributed by atoms with Crippen LogP contribution in [0.15, 0.2) is 36.7 Å². The molecular formula is C16H21N5O. The van der Waals surface area contributed by atoms with Gasteiger partial charge >= 0.3 is 0 Å². The monoisotopic (exact) mass is 299 g/mol. The Morgan fingerprint density at radius 3 is 2.59 bits per heavy atom. The summed E-state index contributed by atoms with van der Waals surface area (Å²) in [6.45, 7) is 3.62. The minimum absolute atomic E-state index is 0.262. The first-order valence-electron chi connectivity index (χ1n) is 7.14. The lowest BCUT2D eigenvalue weighted by molar-refractivity contribution is 0.102. The molecule has 2 rings (SSSR count). The summed E-state index contributed by atoms with van der Waals surface area (Å²) >= 11 is 0. The number of amides is 1. The van der Waals surface area contributed by atoms with E-state index in [9.17, 15) is 4.79 Å². The molecule has 1 aromatic heterocycles. The molecule has 1 amide bonds. The fourth-order valence-corrected chi connectivity index (χ4v) is 1.84. The molecule has 6 heteroatoms. The highest BCUT2D eigenvalue weighted by Crippen LogP contribution is 2.14. The van der Waals surface area contributed by atoms with Crippen LogP contribution in [-0.2, 0) is 0 Å². The average Bonchev–Trinajstić information content (AvgIpc) is 2.50. The lowest BCUT2D eigenvalue weighted by Gasteiger charge is -2.11. The van der Waals surface area contributed by atoms with Gasteiger partial charge in [-0.2, -0.15) is 0 Å². The van der Waals surface area contributed by atoms with E-state index in [1.165, 1.54) is 6.20 Å². The standard InChI is InChI=1S/C16H21N5O/c1-12-6-4-5-7-13(12)20-16(22)14-10-19-15(11-18-14)17-8-9-21(2)3/h4-7,10-11H,8-9H2,1-3H3,(H,17,19)(H,20,22). The van der Waals surface area contributed by atoms with Crippen molar-refractivity contribution >= 4 is 17.4 Å². The van der Waals surface area contributed by atoms with E-state index in [1.807, 2.05) is 45.3 Å². The highest BCUT2D eigenvalue weighted by Gasteiger charge is 2.09. The number of nitrogens with one attached hydrogen (secondary N) is 2. The van der Waals surface area contributed by atoms with Gasteiger partial charge in [-0.25, -0.2) is 9.97 Å². The summed E-state index contributed by atoms with van der Waals surface area (Å²) < 4.78 is 0. The van der Waals surface area contributed by atoms with Crippen LogP contribution in [0.2, 0.25) is 0 Å². The van der Waals surface area contributed by atoms with E-state index in [2.05, 4.69) is 25.5 Å². The fraction of sp³-hybridized carbons (Fsp3) is 0.312. The van der Waals surface area contributed by atoms with Gasteiger partial charge in [0, 0.05) is 18.8 Å². The lowest BCUT2D eigenvalue weighted by Crippen LogP contribution is -2.21. The van der Waals surface area contributed by atoms with Crippen LogP contribution in [0.1, 0.15) is 16.1 Å². The third kappa shape index (κ3) is 4.53. The Labute approximate surface area is 130 Å². The quantitative estimate of drug-likeness (QED) is 0.854. The number of carbonyl (C=O) groups is 1. The third-order valence-corrected chi connectivity index (χ3v) is 3.14. The molecule has 0 spiro atoms. The summed E-state index contributed by atoms with van der Waals surface area (Å²) in [5.41, 5.74) is 2.08. The van der Waals surface area contributed by atoms with Crippen molar-refractivity contribution in [2.75, 3.05) is 37.8 Å². The summed E-state index contributed by atoms with van der Waals surface area (Å²) in [6, 6.07) is 7.61. The number of aryl methyl sites for hydroxylation is 1. The van der Waals surface area contributed by atoms with Crippen molar-refractivity contribution in [1.82, 2.24) is 14.9 Å². The Morgan fingerprint density at radius 2 is 1.95 bits per heavy atom. The van der Waals surface area contributed by atoms with Crippen LogP contribution in [-0.4, -0.2) is 48.0 Å². The molecule has 2 aromatic rings. The molecule has 22 heavy (non-hydrogen) atoms. The molecule has 0 unspecified atom stereocenters. The molecule has 6 nitrogen and oxygen atoms in total. The zero-order valence-electron chi connectivity index (χ0n) is 13.1. The predicted molar refractivity (Wildman–Crippen MR) is 88.2 cm³/mol. The maximum atomic E-state index is 12.1. The molecule has 116 valence electrons. The maximum Gasteiger partial charge on any atom is 0.275 e. The first-order valence-corrected chi connectivity index (χ1v) is 7.14. The molecule has 0 bridgehead atoms. The van der Waals surface area contributed by atoms with Crippen LogP contribution in [0.5, 0.6) is 0 Å². The number of nitrogens with zero attached hydrogens (tertiary/aromatic N) is 3. The Kier molecular flexibility index (Phi) is 5.43. The Morgan fingerprint density at radius 1 is 1.18 bits per heavy atom. The van der Waals surface area contributed by atoms with Crippen molar-refractivity contribution in [1.29, 1.82) is 0 Å². The van der Waals surface area contributed by atoms with Crippen LogP contribution < -0.4 is 10.6 Å².